The molecule has 5 heteroatoms. The summed E-state index contributed by atoms with van der Waals surface area (Å²) in [5.41, 5.74) is 0. The molecule has 2 atom stereocenters. The Balaban J connectivity index is 1.45. The molecule has 2 aliphatic heterocycles. The van der Waals surface area contributed by atoms with Crippen molar-refractivity contribution in [3.63, 3.8) is 0 Å². The largest absolute Gasteiger partial charge is 0.365 e. The first-order chi connectivity index (χ1) is 11.2. The van der Waals surface area contributed by atoms with Gasteiger partial charge < -0.3 is 15.0 Å². The van der Waals surface area contributed by atoms with Crippen LogP contribution in [0.4, 0.5) is 0 Å². The molecule has 2 heterocycles. The lowest BCUT2D eigenvalue weighted by atomic mass is 10.1. The van der Waals surface area contributed by atoms with E-state index in [1.807, 2.05) is 11.8 Å². The number of nitrogens with one attached hydrogen (secondary N) is 1. The van der Waals surface area contributed by atoms with Gasteiger partial charge in [-0.3, -0.25) is 9.69 Å². The second-order valence-corrected chi connectivity index (χ2v) is 7.40. The summed E-state index contributed by atoms with van der Waals surface area (Å²) >= 11 is 0. The Labute approximate surface area is 140 Å². The Hall–Kier alpha value is -0.650. The molecule has 1 amide bonds. The lowest BCUT2D eigenvalue weighted by Crippen LogP contribution is -2.50. The van der Waals surface area contributed by atoms with Gasteiger partial charge in [0.15, 0.2) is 0 Å². The van der Waals surface area contributed by atoms with Crippen LogP contribution in [0.3, 0.4) is 0 Å². The van der Waals surface area contributed by atoms with Crippen molar-refractivity contribution >= 4 is 5.91 Å². The second-order valence-electron chi connectivity index (χ2n) is 7.40. The van der Waals surface area contributed by atoms with Crippen LogP contribution in [0.5, 0.6) is 0 Å². The first-order valence-corrected chi connectivity index (χ1v) is 9.63. The number of nitrogens with zero attached hydrogens (tertiary/aromatic N) is 2. The van der Waals surface area contributed by atoms with Crippen molar-refractivity contribution in [2.24, 2.45) is 0 Å². The second kappa shape index (κ2) is 8.45. The van der Waals surface area contributed by atoms with Crippen molar-refractivity contribution in [1.82, 2.24) is 15.1 Å². The zero-order chi connectivity index (χ0) is 16.1. The maximum absolute atomic E-state index is 12.7. The highest BCUT2D eigenvalue weighted by molar-refractivity contribution is 5.80. The molecule has 3 aliphatic rings. The van der Waals surface area contributed by atoms with E-state index in [1.54, 1.807) is 0 Å². The highest BCUT2D eigenvalue weighted by Crippen LogP contribution is 2.23. The predicted molar refractivity (Wildman–Crippen MR) is 91.5 cm³/mol. The number of carbonyl (C=O) groups excluding carboxylic acids is 1. The Morgan fingerprint density at radius 1 is 1.04 bits per heavy atom. The van der Waals surface area contributed by atoms with Crippen LogP contribution in [-0.4, -0.2) is 73.2 Å². The third kappa shape index (κ3) is 4.68. The van der Waals surface area contributed by atoms with E-state index in [2.05, 4.69) is 10.2 Å². The summed E-state index contributed by atoms with van der Waals surface area (Å²) in [7, 11) is 0. The smallest absolute Gasteiger partial charge is 0.251 e. The molecule has 5 nitrogen and oxygen atoms in total. The van der Waals surface area contributed by atoms with Gasteiger partial charge in [-0.1, -0.05) is 25.7 Å². The molecule has 1 N–H and O–H groups in total. The molecule has 23 heavy (non-hydrogen) atoms. The van der Waals surface area contributed by atoms with Gasteiger partial charge in [0.05, 0.1) is 6.10 Å². The molecule has 3 rings (SSSR count). The van der Waals surface area contributed by atoms with E-state index < -0.39 is 0 Å². The summed E-state index contributed by atoms with van der Waals surface area (Å²) in [6, 6.07) is 0.547. The third-order valence-electron chi connectivity index (χ3n) is 5.69. The number of amides is 1. The highest BCUT2D eigenvalue weighted by atomic mass is 16.5. The number of hydrogen-bond donors (Lipinski definition) is 1. The lowest BCUT2D eigenvalue weighted by molar-refractivity contribution is -0.145. The average Bonchev–Trinajstić information content (AvgIpc) is 2.94. The molecule has 3 fully saturated rings. The maximum Gasteiger partial charge on any atom is 0.251 e. The maximum atomic E-state index is 12.7. The molecule has 1 aliphatic carbocycles. The number of carbonyl (C=O) groups is 1. The Bertz CT molecular complexity index is 376. The fourth-order valence-corrected chi connectivity index (χ4v) is 4.27. The molecule has 0 aromatic heterocycles. The van der Waals surface area contributed by atoms with Crippen LogP contribution in [0.15, 0.2) is 0 Å². The van der Waals surface area contributed by atoms with Crippen molar-refractivity contribution < 1.29 is 9.53 Å². The zero-order valence-electron chi connectivity index (χ0n) is 14.6. The van der Waals surface area contributed by atoms with Gasteiger partial charge in [0, 0.05) is 45.3 Å². The number of ether oxygens (including phenoxy) is 1. The molecular formula is C18H33N3O2. The number of likely N-dealkylation sites (tertiary alicyclic amines) is 1. The molecule has 0 spiro atoms. The van der Waals surface area contributed by atoms with Gasteiger partial charge in [0.1, 0.15) is 6.10 Å². The molecule has 0 aromatic carbocycles. The van der Waals surface area contributed by atoms with E-state index in [4.69, 9.17) is 4.74 Å². The summed E-state index contributed by atoms with van der Waals surface area (Å²) in [5.74, 6) is 0.201. The molecule has 0 bridgehead atoms. The Morgan fingerprint density at radius 2 is 1.74 bits per heavy atom. The van der Waals surface area contributed by atoms with Crippen LogP contribution in [0, 0.1) is 0 Å². The first kappa shape index (κ1) is 17.2. The molecule has 2 unspecified atom stereocenters. The number of rotatable bonds is 4. The molecule has 1 saturated carbocycles. The van der Waals surface area contributed by atoms with E-state index in [0.717, 1.165) is 58.5 Å². The summed E-state index contributed by atoms with van der Waals surface area (Å²) < 4.78 is 6.11. The quantitative estimate of drug-likeness (QED) is 0.799. The Kier molecular flexibility index (Phi) is 6.31. The van der Waals surface area contributed by atoms with E-state index >= 15 is 0 Å². The molecule has 2 saturated heterocycles. The van der Waals surface area contributed by atoms with Gasteiger partial charge in [0.2, 0.25) is 0 Å². The van der Waals surface area contributed by atoms with Crippen LogP contribution in [-0.2, 0) is 9.53 Å². The topological polar surface area (TPSA) is 44.8 Å². The minimum Gasteiger partial charge on any atom is -0.365 e. The van der Waals surface area contributed by atoms with Gasteiger partial charge in [-0.25, -0.2) is 0 Å². The average molecular weight is 323 g/mol. The minimum absolute atomic E-state index is 0.201. The fourth-order valence-electron chi connectivity index (χ4n) is 4.27. The van der Waals surface area contributed by atoms with E-state index in [1.165, 1.54) is 25.7 Å². The predicted octanol–water partition coefficient (Wildman–Crippen LogP) is 1.62. The van der Waals surface area contributed by atoms with Crippen molar-refractivity contribution in [3.8, 4) is 0 Å². The first-order valence-electron chi connectivity index (χ1n) is 9.63. The molecular weight excluding hydrogens is 290 g/mol. The van der Waals surface area contributed by atoms with E-state index in [0.29, 0.717) is 12.1 Å². The van der Waals surface area contributed by atoms with Gasteiger partial charge in [-0.05, 0) is 26.2 Å². The summed E-state index contributed by atoms with van der Waals surface area (Å²) in [4.78, 5) is 17.3. The van der Waals surface area contributed by atoms with Gasteiger partial charge in [0.25, 0.3) is 5.91 Å². The van der Waals surface area contributed by atoms with Gasteiger partial charge in [-0.2, -0.15) is 0 Å². The standard InChI is InChI=1S/C18H33N3O2/c1-15(23-17-6-4-2-3-5-7-17)18(22)21-11-8-16(14-21)20-12-9-19-10-13-20/h15-17,19H,2-14H2,1H3. The Morgan fingerprint density at radius 3 is 2.43 bits per heavy atom. The van der Waals surface area contributed by atoms with Crippen LogP contribution in [0.25, 0.3) is 0 Å². The van der Waals surface area contributed by atoms with Gasteiger partial charge in [-0.15, -0.1) is 0 Å². The monoisotopic (exact) mass is 323 g/mol. The van der Waals surface area contributed by atoms with E-state index in [-0.39, 0.29) is 12.0 Å². The summed E-state index contributed by atoms with van der Waals surface area (Å²) in [5, 5.41) is 3.40. The van der Waals surface area contributed by atoms with Crippen molar-refractivity contribution in [2.75, 3.05) is 39.3 Å². The summed E-state index contributed by atoms with van der Waals surface area (Å²) in [6.45, 7) is 8.10. The SMILES string of the molecule is CC(OC1CCCCCC1)C(=O)N1CCC(N2CCNCC2)C1. The molecule has 0 radical (unpaired) electrons. The van der Waals surface area contributed by atoms with Crippen molar-refractivity contribution in [2.45, 2.75) is 70.1 Å². The molecule has 0 aromatic rings. The van der Waals surface area contributed by atoms with Crippen LogP contribution >= 0.6 is 0 Å². The van der Waals surface area contributed by atoms with Crippen molar-refractivity contribution in [1.29, 1.82) is 0 Å². The third-order valence-corrected chi connectivity index (χ3v) is 5.69. The van der Waals surface area contributed by atoms with Crippen LogP contribution < -0.4 is 5.32 Å². The van der Waals surface area contributed by atoms with Crippen LogP contribution in [0.2, 0.25) is 0 Å². The van der Waals surface area contributed by atoms with E-state index in [9.17, 15) is 4.79 Å². The van der Waals surface area contributed by atoms with Gasteiger partial charge >= 0.3 is 0 Å². The fraction of sp³-hybridized carbons (Fsp3) is 0.944. The zero-order valence-corrected chi connectivity index (χ0v) is 14.6. The molecule has 132 valence electrons. The van der Waals surface area contributed by atoms with Crippen LogP contribution in [0.1, 0.15) is 51.9 Å². The minimum atomic E-state index is -0.278. The summed E-state index contributed by atoms with van der Waals surface area (Å²) in [6.07, 6.45) is 8.52. The van der Waals surface area contributed by atoms with Crippen molar-refractivity contribution in [3.05, 3.63) is 0 Å². The number of hydrogen-bond acceptors (Lipinski definition) is 4. The highest BCUT2D eigenvalue weighted by Gasteiger charge is 2.33. The lowest BCUT2D eigenvalue weighted by Gasteiger charge is -2.32. The normalized spacial score (nSPS) is 29.4. The number of piperazine rings is 1.